The summed E-state index contributed by atoms with van der Waals surface area (Å²) < 4.78 is 11.4. The second-order valence-electron chi connectivity index (χ2n) is 1.69. The number of amides is 2. The Morgan fingerprint density at radius 3 is 2.45 bits per heavy atom. The lowest BCUT2D eigenvalue weighted by atomic mass is 10.6. The topological polar surface area (TPSA) is 78.4 Å². The Balaban J connectivity index is 3.30. The van der Waals surface area contributed by atoms with Crippen molar-refractivity contribution < 1.29 is 19.1 Å². The van der Waals surface area contributed by atoms with Crippen LogP contribution in [0.25, 0.3) is 0 Å². The molecule has 3 N–H and O–H groups in total. The van der Waals surface area contributed by atoms with E-state index in [1.807, 2.05) is 5.32 Å². The fourth-order valence-electron chi connectivity index (χ4n) is 0.379. The van der Waals surface area contributed by atoms with Gasteiger partial charge in [-0.15, -0.1) is 0 Å². The average Bonchev–Trinajstić information content (AvgIpc) is 1.97. The Labute approximate surface area is 62.6 Å². The normalized spacial score (nSPS) is 8.82. The first kappa shape index (κ1) is 9.67. The molecule has 0 aromatic carbocycles. The van der Waals surface area contributed by atoms with Crippen molar-refractivity contribution in [1.82, 2.24) is 10.6 Å². The van der Waals surface area contributed by atoms with Gasteiger partial charge in [0.15, 0.2) is 0 Å². The molecule has 2 amide bonds. The Kier molecular flexibility index (Phi) is 4.80. The number of alkyl halides is 1. The maximum absolute atomic E-state index is 11.4. The SMILES string of the molecule is O=C(O)CNC(=O)NCCF. The number of rotatable bonds is 4. The number of carboxylic acid groups (broad SMARTS) is 1. The quantitative estimate of drug-likeness (QED) is 0.516. The number of carbonyl (C=O) groups is 2. The molecule has 0 aliphatic rings. The highest BCUT2D eigenvalue weighted by Gasteiger charge is 2.00. The molecule has 0 spiro atoms. The standard InChI is InChI=1S/C5H9FN2O3/c6-1-2-7-5(11)8-3-4(9)10/h1-3H2,(H,9,10)(H2,7,8,11). The molecule has 0 bridgehead atoms. The van der Waals surface area contributed by atoms with Gasteiger partial charge in [0.25, 0.3) is 0 Å². The first-order valence-corrected chi connectivity index (χ1v) is 2.96. The second kappa shape index (κ2) is 5.45. The average molecular weight is 164 g/mol. The number of hydrogen-bond donors (Lipinski definition) is 3. The Morgan fingerprint density at radius 2 is 2.00 bits per heavy atom. The zero-order valence-corrected chi connectivity index (χ0v) is 5.76. The third kappa shape index (κ3) is 6.56. The molecule has 11 heavy (non-hydrogen) atoms. The van der Waals surface area contributed by atoms with E-state index in [9.17, 15) is 14.0 Å². The summed E-state index contributed by atoms with van der Waals surface area (Å²) in [7, 11) is 0. The highest BCUT2D eigenvalue weighted by atomic mass is 19.1. The van der Waals surface area contributed by atoms with E-state index in [-0.39, 0.29) is 6.54 Å². The van der Waals surface area contributed by atoms with Crippen LogP contribution in [0, 0.1) is 0 Å². The van der Waals surface area contributed by atoms with Crippen LogP contribution in [-0.4, -0.2) is 36.9 Å². The van der Waals surface area contributed by atoms with E-state index < -0.39 is 25.2 Å². The Morgan fingerprint density at radius 1 is 1.36 bits per heavy atom. The van der Waals surface area contributed by atoms with Crippen LogP contribution in [0.4, 0.5) is 9.18 Å². The van der Waals surface area contributed by atoms with Crippen LogP contribution in [0.5, 0.6) is 0 Å². The lowest BCUT2D eigenvalue weighted by Gasteiger charge is -2.01. The second-order valence-corrected chi connectivity index (χ2v) is 1.69. The van der Waals surface area contributed by atoms with Gasteiger partial charge in [0.05, 0.1) is 0 Å². The van der Waals surface area contributed by atoms with E-state index in [1.54, 1.807) is 0 Å². The third-order valence-electron chi connectivity index (χ3n) is 0.780. The summed E-state index contributed by atoms with van der Waals surface area (Å²) in [6.07, 6.45) is 0. The van der Waals surface area contributed by atoms with Gasteiger partial charge in [-0.1, -0.05) is 0 Å². The van der Waals surface area contributed by atoms with Gasteiger partial charge in [0.1, 0.15) is 13.2 Å². The van der Waals surface area contributed by atoms with Gasteiger partial charge >= 0.3 is 12.0 Å². The largest absolute Gasteiger partial charge is 0.480 e. The summed E-state index contributed by atoms with van der Waals surface area (Å²) in [4.78, 5) is 20.3. The molecule has 0 aliphatic heterocycles. The van der Waals surface area contributed by atoms with Gasteiger partial charge < -0.3 is 15.7 Å². The predicted octanol–water partition coefficient (Wildman–Crippen LogP) is -0.660. The van der Waals surface area contributed by atoms with Crippen molar-refractivity contribution in [3.05, 3.63) is 0 Å². The van der Waals surface area contributed by atoms with Gasteiger partial charge in [-0.3, -0.25) is 4.79 Å². The zero-order valence-electron chi connectivity index (χ0n) is 5.76. The van der Waals surface area contributed by atoms with Crippen molar-refractivity contribution in [2.24, 2.45) is 0 Å². The van der Waals surface area contributed by atoms with Gasteiger partial charge in [-0.05, 0) is 0 Å². The molecule has 0 aliphatic carbocycles. The summed E-state index contributed by atoms with van der Waals surface area (Å²) in [5.74, 6) is -1.14. The molecule has 0 saturated carbocycles. The lowest BCUT2D eigenvalue weighted by Crippen LogP contribution is -2.39. The van der Waals surface area contributed by atoms with Crippen LogP contribution in [-0.2, 0) is 4.79 Å². The lowest BCUT2D eigenvalue weighted by molar-refractivity contribution is -0.135. The van der Waals surface area contributed by atoms with Crippen molar-refractivity contribution >= 4 is 12.0 Å². The molecular formula is C5H9FN2O3. The summed E-state index contributed by atoms with van der Waals surface area (Å²) in [6, 6.07) is -0.676. The summed E-state index contributed by atoms with van der Waals surface area (Å²) in [5, 5.41) is 12.2. The van der Waals surface area contributed by atoms with Crippen LogP contribution >= 0.6 is 0 Å². The molecule has 5 nitrogen and oxygen atoms in total. The van der Waals surface area contributed by atoms with E-state index in [0.29, 0.717) is 0 Å². The molecule has 0 atom stereocenters. The highest BCUT2D eigenvalue weighted by Crippen LogP contribution is 1.67. The smallest absolute Gasteiger partial charge is 0.323 e. The fraction of sp³-hybridized carbons (Fsp3) is 0.600. The van der Waals surface area contributed by atoms with Crippen molar-refractivity contribution in [2.45, 2.75) is 0 Å². The number of carboxylic acids is 1. The number of urea groups is 1. The van der Waals surface area contributed by atoms with E-state index >= 15 is 0 Å². The van der Waals surface area contributed by atoms with E-state index in [4.69, 9.17) is 5.11 Å². The van der Waals surface area contributed by atoms with Crippen molar-refractivity contribution in [2.75, 3.05) is 19.8 Å². The van der Waals surface area contributed by atoms with Crippen molar-refractivity contribution in [3.8, 4) is 0 Å². The van der Waals surface area contributed by atoms with Gasteiger partial charge in [0.2, 0.25) is 0 Å². The minimum atomic E-state index is -1.14. The minimum Gasteiger partial charge on any atom is -0.480 e. The van der Waals surface area contributed by atoms with Gasteiger partial charge in [-0.2, -0.15) is 0 Å². The number of aliphatic carboxylic acids is 1. The van der Waals surface area contributed by atoms with Crippen molar-refractivity contribution in [3.63, 3.8) is 0 Å². The number of nitrogens with one attached hydrogen (secondary N) is 2. The maximum atomic E-state index is 11.4. The molecule has 64 valence electrons. The van der Waals surface area contributed by atoms with Gasteiger partial charge in [-0.25, -0.2) is 9.18 Å². The maximum Gasteiger partial charge on any atom is 0.323 e. The third-order valence-corrected chi connectivity index (χ3v) is 0.780. The fourth-order valence-corrected chi connectivity index (χ4v) is 0.379. The summed E-state index contributed by atoms with van der Waals surface area (Å²) in [6.45, 7) is -1.23. The molecule has 0 aromatic heterocycles. The van der Waals surface area contributed by atoms with Crippen LogP contribution in [0.15, 0.2) is 0 Å². The first-order chi connectivity index (χ1) is 5.16. The number of hydrogen-bond acceptors (Lipinski definition) is 2. The zero-order chi connectivity index (χ0) is 8.69. The molecule has 0 heterocycles. The predicted molar refractivity (Wildman–Crippen MR) is 35.0 cm³/mol. The van der Waals surface area contributed by atoms with E-state index in [2.05, 4.69) is 5.32 Å². The molecule has 0 radical (unpaired) electrons. The van der Waals surface area contributed by atoms with Crippen LogP contribution in [0.2, 0.25) is 0 Å². The van der Waals surface area contributed by atoms with E-state index in [1.165, 1.54) is 0 Å². The summed E-state index contributed by atoms with van der Waals surface area (Å²) in [5.41, 5.74) is 0. The van der Waals surface area contributed by atoms with E-state index in [0.717, 1.165) is 0 Å². The molecule has 0 aromatic rings. The molecule has 0 saturated heterocycles. The minimum absolute atomic E-state index is 0.106. The van der Waals surface area contributed by atoms with Gasteiger partial charge in [0, 0.05) is 6.54 Å². The summed E-state index contributed by atoms with van der Waals surface area (Å²) >= 11 is 0. The van der Waals surface area contributed by atoms with Crippen molar-refractivity contribution in [1.29, 1.82) is 0 Å². The van der Waals surface area contributed by atoms with Crippen LogP contribution < -0.4 is 10.6 Å². The molecule has 0 fully saturated rings. The monoisotopic (exact) mass is 164 g/mol. The van der Waals surface area contributed by atoms with Crippen LogP contribution in [0.1, 0.15) is 0 Å². The molecule has 0 rings (SSSR count). The Bertz CT molecular complexity index is 151. The van der Waals surface area contributed by atoms with Crippen LogP contribution in [0.3, 0.4) is 0 Å². The molecular weight excluding hydrogens is 155 g/mol. The Hall–Kier alpha value is -1.33. The first-order valence-electron chi connectivity index (χ1n) is 2.96. The number of halogens is 1. The number of carbonyl (C=O) groups excluding carboxylic acids is 1. The molecule has 0 unspecified atom stereocenters. The highest BCUT2D eigenvalue weighted by molar-refractivity contribution is 5.79. The molecule has 6 heteroatoms.